The molecule has 2 amide bonds. The summed E-state index contributed by atoms with van der Waals surface area (Å²) in [4.78, 5) is 37.2. The third kappa shape index (κ3) is 5.21. The number of nitrogens with one attached hydrogen (secondary N) is 1. The van der Waals surface area contributed by atoms with Crippen LogP contribution < -0.4 is 10.9 Å². The van der Waals surface area contributed by atoms with E-state index in [-0.39, 0.29) is 6.54 Å². The molecule has 1 aromatic carbocycles. The fraction of sp³-hybridized carbons (Fsp3) is 0.316. The van der Waals surface area contributed by atoms with Crippen molar-refractivity contribution in [2.24, 2.45) is 0 Å². The lowest BCUT2D eigenvalue weighted by Gasteiger charge is -2.18. The topological polar surface area (TPSA) is 71.4 Å². The lowest BCUT2D eigenvalue weighted by molar-refractivity contribution is -0.138. The first-order valence-electron chi connectivity index (χ1n) is 8.36. The highest BCUT2D eigenvalue weighted by Crippen LogP contribution is 2.28. The molecule has 0 aliphatic rings. The molecule has 0 aliphatic heterocycles. The second-order valence-corrected chi connectivity index (χ2v) is 6.43. The third-order valence-corrected chi connectivity index (χ3v) is 4.30. The number of likely N-dealkylation sites (N-methyl/N-ethyl adjacent to an activating group) is 1. The Morgan fingerprint density at radius 1 is 1.14 bits per heavy atom. The smallest absolute Gasteiger partial charge is 0.335 e. The minimum Gasteiger partial charge on any atom is -0.335 e. The fourth-order valence-corrected chi connectivity index (χ4v) is 2.47. The molecule has 1 aromatic heterocycles. The molecule has 0 fully saturated rings. The quantitative estimate of drug-likeness (QED) is 0.846. The Bertz CT molecular complexity index is 951. The summed E-state index contributed by atoms with van der Waals surface area (Å²) in [5.74, 6) is -1.13. The number of nitrogens with zero attached hydrogens (tertiary/aromatic N) is 2. The average Bonchev–Trinajstić information content (AvgIpc) is 2.59. The van der Waals surface area contributed by atoms with Gasteiger partial charge in [0.05, 0.1) is 12.1 Å². The van der Waals surface area contributed by atoms with Gasteiger partial charge in [-0.3, -0.25) is 14.4 Å². The van der Waals surface area contributed by atoms with Gasteiger partial charge >= 0.3 is 6.18 Å². The van der Waals surface area contributed by atoms with Crippen LogP contribution in [0.2, 0.25) is 0 Å². The van der Waals surface area contributed by atoms with Crippen LogP contribution in [-0.2, 0) is 22.3 Å². The maximum Gasteiger partial charge on any atom is 0.417 e. The molecule has 0 unspecified atom stereocenters. The minimum atomic E-state index is -4.63. The highest BCUT2D eigenvalue weighted by molar-refractivity contribution is 5.95. The Hall–Kier alpha value is -3.10. The molecule has 6 nitrogen and oxygen atoms in total. The van der Waals surface area contributed by atoms with E-state index >= 15 is 0 Å². The number of hydrogen-bond donors (Lipinski definition) is 1. The van der Waals surface area contributed by atoms with E-state index in [9.17, 15) is 27.6 Å². The number of benzene rings is 1. The number of aryl methyl sites for hydroxylation is 1. The minimum absolute atomic E-state index is 0.306. The molecule has 2 rings (SSSR count). The number of aromatic nitrogens is 1. The Morgan fingerprint density at radius 3 is 2.46 bits per heavy atom. The van der Waals surface area contributed by atoms with Gasteiger partial charge in [0, 0.05) is 25.0 Å². The number of amides is 2. The Kier molecular flexibility index (Phi) is 6.27. The van der Waals surface area contributed by atoms with E-state index in [0.29, 0.717) is 22.5 Å². The Morgan fingerprint density at radius 2 is 1.82 bits per heavy atom. The van der Waals surface area contributed by atoms with Crippen LogP contribution in [0.4, 0.5) is 18.9 Å². The van der Waals surface area contributed by atoms with Crippen molar-refractivity contribution < 1.29 is 22.8 Å². The molecule has 2 aromatic rings. The van der Waals surface area contributed by atoms with Gasteiger partial charge in [-0.2, -0.15) is 13.2 Å². The van der Waals surface area contributed by atoms with Gasteiger partial charge in [-0.15, -0.1) is 0 Å². The summed E-state index contributed by atoms with van der Waals surface area (Å²) in [7, 11) is 1.34. The first-order valence-corrected chi connectivity index (χ1v) is 8.36. The summed E-state index contributed by atoms with van der Waals surface area (Å²) in [5, 5.41) is 2.69. The van der Waals surface area contributed by atoms with Crippen molar-refractivity contribution in [3.8, 4) is 0 Å². The van der Waals surface area contributed by atoms with E-state index in [0.717, 1.165) is 22.1 Å². The molecular formula is C19H20F3N3O3. The lowest BCUT2D eigenvalue weighted by Crippen LogP contribution is -2.38. The van der Waals surface area contributed by atoms with Crippen LogP contribution in [-0.4, -0.2) is 34.9 Å². The molecule has 0 radical (unpaired) electrons. The molecule has 0 saturated heterocycles. The molecule has 150 valence electrons. The van der Waals surface area contributed by atoms with Gasteiger partial charge in [0.2, 0.25) is 11.8 Å². The zero-order valence-corrected chi connectivity index (χ0v) is 15.6. The van der Waals surface area contributed by atoms with E-state index in [1.807, 2.05) is 19.9 Å². The van der Waals surface area contributed by atoms with Crippen LogP contribution in [0.15, 0.2) is 41.3 Å². The maximum absolute atomic E-state index is 12.8. The van der Waals surface area contributed by atoms with E-state index in [2.05, 4.69) is 5.32 Å². The average molecular weight is 395 g/mol. The zero-order valence-electron chi connectivity index (χ0n) is 15.6. The molecule has 9 heteroatoms. The monoisotopic (exact) mass is 395 g/mol. The van der Waals surface area contributed by atoms with Crippen LogP contribution in [0.5, 0.6) is 0 Å². The van der Waals surface area contributed by atoms with Gasteiger partial charge in [-0.1, -0.05) is 12.1 Å². The number of anilines is 1. The van der Waals surface area contributed by atoms with Crippen LogP contribution in [0.1, 0.15) is 16.7 Å². The third-order valence-electron chi connectivity index (χ3n) is 4.30. The highest BCUT2D eigenvalue weighted by Gasteiger charge is 2.31. The van der Waals surface area contributed by atoms with Gasteiger partial charge in [0.1, 0.15) is 6.54 Å². The van der Waals surface area contributed by atoms with Crippen molar-refractivity contribution in [2.45, 2.75) is 26.6 Å². The van der Waals surface area contributed by atoms with Crippen molar-refractivity contribution >= 4 is 17.5 Å². The van der Waals surface area contributed by atoms with E-state index in [1.165, 1.54) is 7.05 Å². The second-order valence-electron chi connectivity index (χ2n) is 6.43. The summed E-state index contributed by atoms with van der Waals surface area (Å²) in [6.45, 7) is 2.84. The number of carbonyl (C=O) groups is 2. The maximum atomic E-state index is 12.8. The molecule has 0 bridgehead atoms. The van der Waals surface area contributed by atoms with Crippen LogP contribution in [0.25, 0.3) is 0 Å². The first kappa shape index (κ1) is 21.2. The molecule has 28 heavy (non-hydrogen) atoms. The lowest BCUT2D eigenvalue weighted by atomic mass is 10.1. The molecular weight excluding hydrogens is 375 g/mol. The van der Waals surface area contributed by atoms with Crippen molar-refractivity contribution in [1.29, 1.82) is 0 Å². The largest absolute Gasteiger partial charge is 0.417 e. The van der Waals surface area contributed by atoms with E-state index in [1.54, 1.807) is 12.1 Å². The predicted octanol–water partition coefficient (Wildman–Crippen LogP) is 2.58. The molecule has 1 heterocycles. The SMILES string of the molecule is Cc1cccc(NC(=O)CN(C)C(=O)Cn2cc(C(F)(F)F)ccc2=O)c1C. The van der Waals surface area contributed by atoms with E-state index in [4.69, 9.17) is 0 Å². The van der Waals surface area contributed by atoms with Crippen LogP contribution in [0.3, 0.4) is 0 Å². The normalized spacial score (nSPS) is 11.2. The zero-order chi connectivity index (χ0) is 21.1. The van der Waals surface area contributed by atoms with Crippen LogP contribution in [0, 0.1) is 13.8 Å². The standard InChI is InChI=1S/C19H20F3N3O3/c1-12-5-4-6-15(13(12)2)23-16(26)10-24(3)18(28)11-25-9-14(19(20,21)22)7-8-17(25)27/h4-9H,10-11H2,1-3H3,(H,23,26). The highest BCUT2D eigenvalue weighted by atomic mass is 19.4. The summed E-state index contributed by atoms with van der Waals surface area (Å²) < 4.78 is 39.0. The van der Waals surface area contributed by atoms with Crippen molar-refractivity contribution in [3.63, 3.8) is 0 Å². The summed E-state index contributed by atoms with van der Waals surface area (Å²) in [5.41, 5.74) is 0.719. The van der Waals surface area contributed by atoms with Gasteiger partial charge in [0.25, 0.3) is 5.56 Å². The summed E-state index contributed by atoms with van der Waals surface area (Å²) >= 11 is 0. The van der Waals surface area contributed by atoms with Crippen molar-refractivity contribution in [2.75, 3.05) is 18.9 Å². The molecule has 0 saturated carbocycles. The van der Waals surface area contributed by atoms with Crippen molar-refractivity contribution in [1.82, 2.24) is 9.47 Å². The van der Waals surface area contributed by atoms with Crippen molar-refractivity contribution in [3.05, 3.63) is 63.6 Å². The molecule has 1 N–H and O–H groups in total. The van der Waals surface area contributed by atoms with Gasteiger partial charge in [-0.25, -0.2) is 0 Å². The Balaban J connectivity index is 2.04. The number of halogens is 3. The number of carbonyl (C=O) groups excluding carboxylic acids is 2. The molecule has 0 atom stereocenters. The fourth-order valence-electron chi connectivity index (χ4n) is 2.47. The second kappa shape index (κ2) is 8.28. The summed E-state index contributed by atoms with van der Waals surface area (Å²) in [6.07, 6.45) is -4.04. The first-order chi connectivity index (χ1) is 13.0. The number of hydrogen-bond acceptors (Lipinski definition) is 3. The van der Waals surface area contributed by atoms with Gasteiger partial charge in [-0.05, 0) is 37.1 Å². The number of rotatable bonds is 5. The van der Waals surface area contributed by atoms with E-state index < -0.39 is 35.7 Å². The van der Waals surface area contributed by atoms with Crippen LogP contribution >= 0.6 is 0 Å². The number of pyridine rings is 1. The Labute approximate surface area is 159 Å². The molecule has 0 aliphatic carbocycles. The summed E-state index contributed by atoms with van der Waals surface area (Å²) in [6, 6.07) is 6.82. The predicted molar refractivity (Wildman–Crippen MR) is 97.9 cm³/mol. The van der Waals surface area contributed by atoms with Gasteiger partial charge < -0.3 is 14.8 Å². The van der Waals surface area contributed by atoms with Gasteiger partial charge in [0.15, 0.2) is 0 Å². The number of alkyl halides is 3. The molecule has 0 spiro atoms.